The molecule has 0 heterocycles. The molecule has 0 aromatic heterocycles. The van der Waals surface area contributed by atoms with Gasteiger partial charge < -0.3 is 15.8 Å². The molecule has 0 aliphatic rings. The second-order valence-electron chi connectivity index (χ2n) is 3.22. The summed E-state index contributed by atoms with van der Waals surface area (Å²) in [6.07, 6.45) is 1.62. The lowest BCUT2D eigenvalue weighted by Crippen LogP contribution is -2.23. The number of ether oxygens (including phenoxy) is 1. The van der Waals surface area contributed by atoms with Gasteiger partial charge >= 0.3 is 0 Å². The maximum atomic E-state index is 11.6. The minimum absolute atomic E-state index is 0.187. The van der Waals surface area contributed by atoms with E-state index in [2.05, 4.69) is 11.9 Å². The number of carbonyl (C=O) groups is 1. The van der Waals surface area contributed by atoms with Gasteiger partial charge in [-0.05, 0) is 19.1 Å². The Kier molecular flexibility index (Phi) is 4.39. The molecule has 0 fully saturated rings. The van der Waals surface area contributed by atoms with E-state index in [1.54, 1.807) is 24.3 Å². The van der Waals surface area contributed by atoms with Crippen LogP contribution in [0.25, 0.3) is 0 Å². The van der Waals surface area contributed by atoms with Crippen LogP contribution in [0.2, 0.25) is 0 Å². The van der Waals surface area contributed by atoms with Crippen molar-refractivity contribution < 1.29 is 9.53 Å². The fraction of sp³-hybridized carbons (Fsp3) is 0.250. The molecule has 1 aromatic carbocycles. The molecule has 0 aliphatic carbocycles. The number of rotatable bonds is 5. The first-order valence-corrected chi connectivity index (χ1v) is 5.09. The molecule has 16 heavy (non-hydrogen) atoms. The van der Waals surface area contributed by atoms with Crippen molar-refractivity contribution in [3.63, 3.8) is 0 Å². The summed E-state index contributed by atoms with van der Waals surface area (Å²) in [5.74, 6) is 0.416. The van der Waals surface area contributed by atoms with E-state index in [-0.39, 0.29) is 5.91 Å². The Bertz CT molecular complexity index is 389. The third kappa shape index (κ3) is 3.31. The number of anilines is 1. The molecular formula is C12H16N2O2. The van der Waals surface area contributed by atoms with Crippen LogP contribution in [0, 0.1) is 0 Å². The number of amides is 1. The molecule has 0 saturated heterocycles. The van der Waals surface area contributed by atoms with Crippen molar-refractivity contribution in [1.82, 2.24) is 5.32 Å². The standard InChI is InChI=1S/C12H16N2O2/c1-3-5-14-12(15)9-6-10(13)8-11(7-9)16-4-2/h3,6-8H,1,4-5,13H2,2H3,(H,14,15). The van der Waals surface area contributed by atoms with E-state index in [0.717, 1.165) is 0 Å². The fourth-order valence-corrected chi connectivity index (χ4v) is 1.27. The van der Waals surface area contributed by atoms with E-state index in [9.17, 15) is 4.79 Å². The van der Waals surface area contributed by atoms with Gasteiger partial charge in [0.05, 0.1) is 6.61 Å². The zero-order chi connectivity index (χ0) is 12.0. The Morgan fingerprint density at radius 2 is 2.31 bits per heavy atom. The Morgan fingerprint density at radius 3 is 2.94 bits per heavy atom. The van der Waals surface area contributed by atoms with E-state index in [1.807, 2.05) is 6.92 Å². The monoisotopic (exact) mass is 220 g/mol. The molecule has 0 atom stereocenters. The molecule has 4 heteroatoms. The zero-order valence-electron chi connectivity index (χ0n) is 9.32. The van der Waals surface area contributed by atoms with Gasteiger partial charge in [-0.25, -0.2) is 0 Å². The van der Waals surface area contributed by atoms with Crippen LogP contribution >= 0.6 is 0 Å². The van der Waals surface area contributed by atoms with Crippen molar-refractivity contribution in [2.45, 2.75) is 6.92 Å². The van der Waals surface area contributed by atoms with E-state index in [0.29, 0.717) is 30.2 Å². The molecule has 0 unspecified atom stereocenters. The Morgan fingerprint density at radius 1 is 1.56 bits per heavy atom. The quantitative estimate of drug-likeness (QED) is 0.585. The van der Waals surface area contributed by atoms with Crippen LogP contribution < -0.4 is 15.8 Å². The second kappa shape index (κ2) is 5.80. The summed E-state index contributed by atoms with van der Waals surface area (Å²) >= 11 is 0. The number of nitrogens with one attached hydrogen (secondary N) is 1. The predicted molar refractivity (Wildman–Crippen MR) is 64.6 cm³/mol. The lowest BCUT2D eigenvalue weighted by molar-refractivity contribution is 0.0957. The third-order valence-electron chi connectivity index (χ3n) is 1.91. The average Bonchev–Trinajstić information content (AvgIpc) is 2.25. The summed E-state index contributed by atoms with van der Waals surface area (Å²) in [6.45, 7) is 6.37. The third-order valence-corrected chi connectivity index (χ3v) is 1.91. The van der Waals surface area contributed by atoms with Crippen molar-refractivity contribution in [2.75, 3.05) is 18.9 Å². The van der Waals surface area contributed by atoms with Gasteiger partial charge in [-0.2, -0.15) is 0 Å². The minimum atomic E-state index is -0.187. The van der Waals surface area contributed by atoms with Crippen molar-refractivity contribution in [1.29, 1.82) is 0 Å². The van der Waals surface area contributed by atoms with Gasteiger partial charge in [0, 0.05) is 23.9 Å². The van der Waals surface area contributed by atoms with Gasteiger partial charge in [0.1, 0.15) is 5.75 Å². The molecule has 4 nitrogen and oxygen atoms in total. The SMILES string of the molecule is C=CCNC(=O)c1cc(N)cc(OCC)c1. The van der Waals surface area contributed by atoms with Crippen molar-refractivity contribution >= 4 is 11.6 Å². The van der Waals surface area contributed by atoms with Crippen LogP contribution in [0.4, 0.5) is 5.69 Å². The topological polar surface area (TPSA) is 64.4 Å². The molecule has 1 rings (SSSR count). The van der Waals surface area contributed by atoms with Crippen molar-refractivity contribution in [3.05, 3.63) is 36.4 Å². The smallest absolute Gasteiger partial charge is 0.251 e. The second-order valence-corrected chi connectivity index (χ2v) is 3.22. The number of benzene rings is 1. The number of hydrogen-bond donors (Lipinski definition) is 2. The van der Waals surface area contributed by atoms with E-state index in [4.69, 9.17) is 10.5 Å². The molecule has 3 N–H and O–H groups in total. The van der Waals surface area contributed by atoms with E-state index >= 15 is 0 Å². The average molecular weight is 220 g/mol. The molecule has 0 spiro atoms. The Labute approximate surface area is 95.1 Å². The summed E-state index contributed by atoms with van der Waals surface area (Å²) in [4.78, 5) is 11.6. The summed E-state index contributed by atoms with van der Waals surface area (Å²) in [5, 5.41) is 2.68. The van der Waals surface area contributed by atoms with Gasteiger partial charge in [0.25, 0.3) is 5.91 Å². The largest absolute Gasteiger partial charge is 0.494 e. The highest BCUT2D eigenvalue weighted by atomic mass is 16.5. The molecule has 0 aliphatic heterocycles. The normalized spacial score (nSPS) is 9.56. The molecule has 0 radical (unpaired) electrons. The molecule has 1 aromatic rings. The summed E-state index contributed by atoms with van der Waals surface area (Å²) in [7, 11) is 0. The molecular weight excluding hydrogens is 204 g/mol. The fourth-order valence-electron chi connectivity index (χ4n) is 1.27. The van der Waals surface area contributed by atoms with Gasteiger partial charge in [0.2, 0.25) is 0 Å². The molecule has 0 bridgehead atoms. The summed E-state index contributed by atoms with van der Waals surface area (Å²) in [6, 6.07) is 4.97. The first-order valence-electron chi connectivity index (χ1n) is 5.09. The van der Waals surface area contributed by atoms with Gasteiger partial charge in [-0.1, -0.05) is 6.08 Å². The predicted octanol–water partition coefficient (Wildman–Crippen LogP) is 1.58. The van der Waals surface area contributed by atoms with Crippen LogP contribution in [0.1, 0.15) is 17.3 Å². The minimum Gasteiger partial charge on any atom is -0.494 e. The highest BCUT2D eigenvalue weighted by Gasteiger charge is 2.07. The maximum absolute atomic E-state index is 11.6. The Hall–Kier alpha value is -1.97. The van der Waals surface area contributed by atoms with Gasteiger partial charge in [-0.15, -0.1) is 6.58 Å². The lowest BCUT2D eigenvalue weighted by atomic mass is 10.1. The first-order chi connectivity index (χ1) is 7.67. The summed E-state index contributed by atoms with van der Waals surface area (Å²) in [5.41, 5.74) is 6.68. The molecule has 86 valence electrons. The van der Waals surface area contributed by atoms with Crippen molar-refractivity contribution in [2.24, 2.45) is 0 Å². The highest BCUT2D eigenvalue weighted by Crippen LogP contribution is 2.18. The Balaban J connectivity index is 2.86. The van der Waals surface area contributed by atoms with Crippen LogP contribution in [0.15, 0.2) is 30.9 Å². The molecule has 0 saturated carbocycles. The van der Waals surface area contributed by atoms with E-state index < -0.39 is 0 Å². The zero-order valence-corrected chi connectivity index (χ0v) is 9.32. The summed E-state index contributed by atoms with van der Waals surface area (Å²) < 4.78 is 5.30. The van der Waals surface area contributed by atoms with Crippen molar-refractivity contribution in [3.8, 4) is 5.75 Å². The number of nitrogens with two attached hydrogens (primary N) is 1. The molecule has 1 amide bonds. The van der Waals surface area contributed by atoms with Gasteiger partial charge in [0.15, 0.2) is 0 Å². The van der Waals surface area contributed by atoms with Gasteiger partial charge in [-0.3, -0.25) is 4.79 Å². The van der Waals surface area contributed by atoms with Crippen LogP contribution in [0.3, 0.4) is 0 Å². The van der Waals surface area contributed by atoms with Crippen LogP contribution in [-0.4, -0.2) is 19.1 Å². The highest BCUT2D eigenvalue weighted by molar-refractivity contribution is 5.95. The van der Waals surface area contributed by atoms with Crippen LogP contribution in [0.5, 0.6) is 5.75 Å². The first kappa shape index (κ1) is 12.1. The van der Waals surface area contributed by atoms with Crippen LogP contribution in [-0.2, 0) is 0 Å². The number of nitrogen functional groups attached to an aromatic ring is 1. The lowest BCUT2D eigenvalue weighted by Gasteiger charge is -2.08. The number of carbonyl (C=O) groups excluding carboxylic acids is 1. The van der Waals surface area contributed by atoms with E-state index in [1.165, 1.54) is 0 Å². The maximum Gasteiger partial charge on any atom is 0.251 e. The number of hydrogen-bond acceptors (Lipinski definition) is 3.